The number of amides is 2. The van der Waals surface area contributed by atoms with Gasteiger partial charge in [-0.2, -0.15) is 4.98 Å². The van der Waals surface area contributed by atoms with Gasteiger partial charge >= 0.3 is 0 Å². The number of rotatable bonds is 5. The molecule has 2 heterocycles. The molecule has 1 aliphatic heterocycles. The van der Waals surface area contributed by atoms with Crippen molar-refractivity contribution in [1.29, 1.82) is 0 Å². The Hall–Kier alpha value is -2.94. The van der Waals surface area contributed by atoms with E-state index in [0.29, 0.717) is 18.8 Å². The molecule has 9 heteroatoms. The maximum atomic E-state index is 12.7. The van der Waals surface area contributed by atoms with Crippen molar-refractivity contribution in [2.75, 3.05) is 25.9 Å². The van der Waals surface area contributed by atoms with Crippen LogP contribution >= 0.6 is 0 Å². The lowest BCUT2D eigenvalue weighted by Crippen LogP contribution is -2.53. The van der Waals surface area contributed by atoms with E-state index in [1.807, 2.05) is 31.2 Å². The zero-order valence-corrected chi connectivity index (χ0v) is 14.7. The lowest BCUT2D eigenvalue weighted by atomic mass is 9.94. The Morgan fingerprint density at radius 3 is 2.92 bits per heavy atom. The first-order valence-corrected chi connectivity index (χ1v) is 8.34. The molecular formula is C17H22N6O3. The molecule has 1 aliphatic rings. The van der Waals surface area contributed by atoms with Gasteiger partial charge in [0.25, 0.3) is 5.91 Å². The van der Waals surface area contributed by atoms with Gasteiger partial charge in [-0.1, -0.05) is 24.3 Å². The van der Waals surface area contributed by atoms with E-state index in [-0.39, 0.29) is 24.4 Å². The van der Waals surface area contributed by atoms with Crippen molar-refractivity contribution in [3.63, 3.8) is 0 Å². The average molecular weight is 358 g/mol. The number of aromatic amines is 1. The molecule has 0 saturated carbocycles. The van der Waals surface area contributed by atoms with Gasteiger partial charge < -0.3 is 20.7 Å². The molecule has 1 fully saturated rings. The van der Waals surface area contributed by atoms with E-state index >= 15 is 0 Å². The van der Waals surface area contributed by atoms with E-state index < -0.39 is 12.1 Å². The van der Waals surface area contributed by atoms with Crippen molar-refractivity contribution in [3.8, 4) is 0 Å². The SMILES string of the molecule is Cc1ccccc1[C@@H]1[C@@H](C(=O)NCCc2nc(N)n[nH]2)OCC(=O)N1C. The number of nitrogen functional groups attached to an aromatic ring is 1. The Kier molecular flexibility index (Phi) is 5.17. The van der Waals surface area contributed by atoms with Crippen LogP contribution in [0.1, 0.15) is 23.0 Å². The van der Waals surface area contributed by atoms with Crippen LogP contribution in [0.4, 0.5) is 5.95 Å². The van der Waals surface area contributed by atoms with Crippen molar-refractivity contribution in [3.05, 3.63) is 41.2 Å². The van der Waals surface area contributed by atoms with Crippen LogP contribution in [-0.4, -0.2) is 58.2 Å². The van der Waals surface area contributed by atoms with Gasteiger partial charge in [0, 0.05) is 20.0 Å². The molecule has 2 aromatic rings. The summed E-state index contributed by atoms with van der Waals surface area (Å²) in [6, 6.07) is 7.20. The average Bonchev–Trinajstić information content (AvgIpc) is 3.03. The van der Waals surface area contributed by atoms with Gasteiger partial charge in [-0.15, -0.1) is 5.10 Å². The maximum Gasteiger partial charge on any atom is 0.251 e. The number of benzene rings is 1. The largest absolute Gasteiger partial charge is 0.367 e. The molecule has 26 heavy (non-hydrogen) atoms. The summed E-state index contributed by atoms with van der Waals surface area (Å²) >= 11 is 0. The molecule has 0 spiro atoms. The fraction of sp³-hybridized carbons (Fsp3) is 0.412. The number of nitrogens with zero attached hydrogens (tertiary/aromatic N) is 3. The summed E-state index contributed by atoms with van der Waals surface area (Å²) < 4.78 is 5.59. The minimum absolute atomic E-state index is 0.115. The van der Waals surface area contributed by atoms with E-state index in [0.717, 1.165) is 11.1 Å². The Morgan fingerprint density at radius 1 is 1.46 bits per heavy atom. The van der Waals surface area contributed by atoms with Crippen molar-refractivity contribution < 1.29 is 14.3 Å². The number of H-pyrrole nitrogens is 1. The molecule has 138 valence electrons. The minimum Gasteiger partial charge on any atom is -0.367 e. The second-order valence-corrected chi connectivity index (χ2v) is 6.22. The first kappa shape index (κ1) is 17.9. The highest BCUT2D eigenvalue weighted by atomic mass is 16.5. The third-order valence-electron chi connectivity index (χ3n) is 4.46. The van der Waals surface area contributed by atoms with Crippen LogP contribution in [0, 0.1) is 6.92 Å². The molecule has 3 rings (SSSR count). The highest BCUT2D eigenvalue weighted by Gasteiger charge is 2.40. The molecule has 9 nitrogen and oxygen atoms in total. The number of aromatic nitrogens is 3. The third-order valence-corrected chi connectivity index (χ3v) is 4.46. The van der Waals surface area contributed by atoms with Crippen LogP contribution < -0.4 is 11.1 Å². The van der Waals surface area contributed by atoms with Gasteiger partial charge in [-0.05, 0) is 18.1 Å². The first-order valence-electron chi connectivity index (χ1n) is 8.34. The summed E-state index contributed by atoms with van der Waals surface area (Å²) in [5.74, 6) is 0.335. The number of aryl methyl sites for hydroxylation is 1. The van der Waals surface area contributed by atoms with E-state index in [2.05, 4.69) is 20.5 Å². The number of nitrogens with two attached hydrogens (primary N) is 1. The molecule has 2 amide bonds. The standard InChI is InChI=1S/C17H22N6O3/c1-10-5-3-4-6-11(10)14-15(26-9-13(24)23(14)2)16(25)19-8-7-12-20-17(18)22-21-12/h3-6,14-15H,7-9H2,1-2H3,(H,19,25)(H3,18,20,21,22)/t14-,15+/m1/s1. The van der Waals surface area contributed by atoms with E-state index in [1.165, 1.54) is 0 Å². The Bertz CT molecular complexity index is 805. The van der Waals surface area contributed by atoms with Gasteiger partial charge in [0.15, 0.2) is 6.10 Å². The van der Waals surface area contributed by atoms with Gasteiger partial charge in [0.1, 0.15) is 12.4 Å². The highest BCUT2D eigenvalue weighted by molar-refractivity contribution is 5.86. The number of nitrogens with one attached hydrogen (secondary N) is 2. The number of hydrogen-bond donors (Lipinski definition) is 3. The molecule has 0 radical (unpaired) electrons. The topological polar surface area (TPSA) is 126 Å². The number of hydrogen-bond acceptors (Lipinski definition) is 6. The van der Waals surface area contributed by atoms with Crippen LogP contribution in [0.15, 0.2) is 24.3 Å². The van der Waals surface area contributed by atoms with E-state index in [9.17, 15) is 9.59 Å². The van der Waals surface area contributed by atoms with E-state index in [4.69, 9.17) is 10.5 Å². The minimum atomic E-state index is -0.779. The zero-order chi connectivity index (χ0) is 18.7. The normalized spacial score (nSPS) is 20.2. The number of anilines is 1. The Labute approximate surface area is 150 Å². The predicted molar refractivity (Wildman–Crippen MR) is 93.9 cm³/mol. The maximum absolute atomic E-state index is 12.7. The molecule has 0 unspecified atom stereocenters. The molecule has 0 aliphatic carbocycles. The lowest BCUT2D eigenvalue weighted by Gasteiger charge is -2.38. The van der Waals surface area contributed by atoms with Crippen LogP contribution in [0.25, 0.3) is 0 Å². The number of morpholine rings is 1. The summed E-state index contributed by atoms with van der Waals surface area (Å²) in [4.78, 5) is 30.4. The molecule has 1 aromatic heterocycles. The Morgan fingerprint density at radius 2 is 2.23 bits per heavy atom. The summed E-state index contributed by atoms with van der Waals surface area (Å²) in [5.41, 5.74) is 7.35. The van der Waals surface area contributed by atoms with Gasteiger partial charge in [-0.3, -0.25) is 14.7 Å². The monoisotopic (exact) mass is 358 g/mol. The van der Waals surface area contributed by atoms with Crippen molar-refractivity contribution in [1.82, 2.24) is 25.4 Å². The van der Waals surface area contributed by atoms with Crippen molar-refractivity contribution >= 4 is 17.8 Å². The van der Waals surface area contributed by atoms with E-state index in [1.54, 1.807) is 11.9 Å². The zero-order valence-electron chi connectivity index (χ0n) is 14.7. The molecular weight excluding hydrogens is 336 g/mol. The summed E-state index contributed by atoms with van der Waals surface area (Å²) in [5, 5.41) is 9.27. The summed E-state index contributed by atoms with van der Waals surface area (Å²) in [7, 11) is 1.69. The van der Waals surface area contributed by atoms with Gasteiger partial charge in [-0.25, -0.2) is 0 Å². The molecule has 1 aromatic carbocycles. The molecule has 1 saturated heterocycles. The lowest BCUT2D eigenvalue weighted by molar-refractivity contribution is -0.162. The smallest absolute Gasteiger partial charge is 0.251 e. The fourth-order valence-corrected chi connectivity index (χ4v) is 3.05. The number of carbonyl (C=O) groups is 2. The first-order chi connectivity index (χ1) is 12.5. The number of carbonyl (C=O) groups excluding carboxylic acids is 2. The Balaban J connectivity index is 1.72. The second-order valence-electron chi connectivity index (χ2n) is 6.22. The van der Waals surface area contributed by atoms with Crippen molar-refractivity contribution in [2.24, 2.45) is 0 Å². The molecule has 0 bridgehead atoms. The summed E-state index contributed by atoms with van der Waals surface area (Å²) in [6.07, 6.45) is -0.314. The van der Waals surface area contributed by atoms with Crippen molar-refractivity contribution in [2.45, 2.75) is 25.5 Å². The van der Waals surface area contributed by atoms with Crippen LogP contribution in [0.5, 0.6) is 0 Å². The van der Waals surface area contributed by atoms with Gasteiger partial charge in [0.05, 0.1) is 6.04 Å². The van der Waals surface area contributed by atoms with Gasteiger partial charge in [0.2, 0.25) is 11.9 Å². The molecule has 4 N–H and O–H groups in total. The highest BCUT2D eigenvalue weighted by Crippen LogP contribution is 2.31. The van der Waals surface area contributed by atoms with Crippen LogP contribution in [0.3, 0.4) is 0 Å². The fourth-order valence-electron chi connectivity index (χ4n) is 3.05. The van der Waals surface area contributed by atoms with Crippen LogP contribution in [0.2, 0.25) is 0 Å². The third kappa shape index (κ3) is 3.67. The predicted octanol–water partition coefficient (Wildman–Crippen LogP) is -0.0475. The summed E-state index contributed by atoms with van der Waals surface area (Å²) in [6.45, 7) is 2.19. The molecule has 2 atom stereocenters. The van der Waals surface area contributed by atoms with Crippen LogP contribution in [-0.2, 0) is 20.7 Å². The number of ether oxygens (including phenoxy) is 1. The number of likely N-dealkylation sites (N-methyl/N-ethyl adjacent to an activating group) is 1. The second kappa shape index (κ2) is 7.52. The quantitative estimate of drug-likeness (QED) is 0.688.